The molecule has 0 aliphatic carbocycles. The quantitative estimate of drug-likeness (QED) is 0.608. The Hall–Kier alpha value is -3.61. The Morgan fingerprint density at radius 3 is 2.50 bits per heavy atom. The summed E-state index contributed by atoms with van der Waals surface area (Å²) in [5.41, 5.74) is 3.84. The summed E-state index contributed by atoms with van der Waals surface area (Å²) in [5, 5.41) is 6.84. The molecule has 0 saturated carbocycles. The third kappa shape index (κ3) is 4.99. The second-order valence-electron chi connectivity index (χ2n) is 8.00. The molecule has 1 aliphatic heterocycles. The van der Waals surface area contributed by atoms with Crippen molar-refractivity contribution in [3.05, 3.63) is 82.2 Å². The first kappa shape index (κ1) is 21.6. The zero-order valence-corrected chi connectivity index (χ0v) is 18.4. The first-order chi connectivity index (χ1) is 15.5. The predicted octanol–water partition coefficient (Wildman–Crippen LogP) is 4.04. The van der Waals surface area contributed by atoms with Gasteiger partial charge in [0, 0.05) is 30.8 Å². The van der Waals surface area contributed by atoms with Crippen LogP contribution < -0.4 is 10.1 Å². The van der Waals surface area contributed by atoms with Gasteiger partial charge in [-0.05, 0) is 62.6 Å². The van der Waals surface area contributed by atoms with E-state index < -0.39 is 0 Å². The van der Waals surface area contributed by atoms with Crippen LogP contribution in [0.25, 0.3) is 0 Å². The normalized spacial score (nSPS) is 13.2. The molecule has 0 unspecified atom stereocenters. The molecule has 1 aliphatic rings. The van der Waals surface area contributed by atoms with E-state index in [-0.39, 0.29) is 11.8 Å². The van der Waals surface area contributed by atoms with Crippen molar-refractivity contribution < 1.29 is 18.8 Å². The maximum atomic E-state index is 12.6. The molecule has 32 heavy (non-hydrogen) atoms. The van der Waals surface area contributed by atoms with Gasteiger partial charge in [-0.25, -0.2) is 0 Å². The number of ether oxygens (including phenoxy) is 1. The molecule has 2 amide bonds. The van der Waals surface area contributed by atoms with Gasteiger partial charge in [0.1, 0.15) is 18.1 Å². The van der Waals surface area contributed by atoms with Crippen LogP contribution in [0.1, 0.15) is 56.1 Å². The molecule has 1 fully saturated rings. The van der Waals surface area contributed by atoms with Gasteiger partial charge < -0.3 is 19.5 Å². The van der Waals surface area contributed by atoms with Crippen molar-refractivity contribution in [1.29, 1.82) is 0 Å². The Morgan fingerprint density at radius 1 is 1.06 bits per heavy atom. The van der Waals surface area contributed by atoms with E-state index in [0.29, 0.717) is 30.0 Å². The summed E-state index contributed by atoms with van der Waals surface area (Å²) in [5.74, 6) is 1.21. The molecule has 0 radical (unpaired) electrons. The molecule has 1 aromatic heterocycles. The number of hydrogen-bond donors (Lipinski definition) is 1. The topological polar surface area (TPSA) is 84.7 Å². The van der Waals surface area contributed by atoms with Crippen molar-refractivity contribution in [1.82, 2.24) is 15.4 Å². The van der Waals surface area contributed by atoms with E-state index in [1.807, 2.05) is 49.1 Å². The summed E-state index contributed by atoms with van der Waals surface area (Å²) >= 11 is 0. The standard InChI is InChI=1S/C25H27N3O4/c1-17-23(18(2)32-27-17)16-31-22-7-5-6-21(14-22)24(29)26-15-19-8-10-20(11-9-19)25(30)28-12-3-4-13-28/h5-11,14H,3-4,12-13,15-16H2,1-2H3,(H,26,29). The summed E-state index contributed by atoms with van der Waals surface area (Å²) < 4.78 is 11.0. The second kappa shape index (κ2) is 9.68. The van der Waals surface area contributed by atoms with Crippen LogP contribution in [0.3, 0.4) is 0 Å². The van der Waals surface area contributed by atoms with E-state index in [2.05, 4.69) is 10.5 Å². The number of nitrogens with zero attached hydrogens (tertiary/aromatic N) is 2. The molecular weight excluding hydrogens is 406 g/mol. The lowest BCUT2D eigenvalue weighted by Gasteiger charge is -2.15. The lowest BCUT2D eigenvalue weighted by Crippen LogP contribution is -2.27. The van der Waals surface area contributed by atoms with Crippen molar-refractivity contribution >= 4 is 11.8 Å². The van der Waals surface area contributed by atoms with E-state index >= 15 is 0 Å². The number of carbonyl (C=O) groups excluding carboxylic acids is 2. The van der Waals surface area contributed by atoms with E-state index in [1.54, 1.807) is 18.2 Å². The Balaban J connectivity index is 1.32. The van der Waals surface area contributed by atoms with Gasteiger partial charge in [0.05, 0.1) is 11.3 Å². The van der Waals surface area contributed by atoms with Crippen LogP contribution in [0, 0.1) is 13.8 Å². The van der Waals surface area contributed by atoms with Gasteiger partial charge in [-0.3, -0.25) is 9.59 Å². The van der Waals surface area contributed by atoms with Gasteiger partial charge >= 0.3 is 0 Å². The molecular formula is C25H27N3O4. The van der Waals surface area contributed by atoms with Crippen LogP contribution in [0.2, 0.25) is 0 Å². The highest BCUT2D eigenvalue weighted by molar-refractivity contribution is 5.95. The van der Waals surface area contributed by atoms with E-state index in [1.165, 1.54) is 0 Å². The fourth-order valence-corrected chi connectivity index (χ4v) is 3.74. The Morgan fingerprint density at radius 2 is 1.81 bits per heavy atom. The number of likely N-dealkylation sites (tertiary alicyclic amines) is 1. The molecule has 4 rings (SSSR count). The minimum absolute atomic E-state index is 0.0755. The molecule has 0 bridgehead atoms. The average Bonchev–Trinajstić information content (AvgIpc) is 3.46. The van der Waals surface area contributed by atoms with Crippen molar-refractivity contribution in [2.75, 3.05) is 13.1 Å². The van der Waals surface area contributed by atoms with Gasteiger partial charge in [0.2, 0.25) is 0 Å². The minimum atomic E-state index is -0.190. The van der Waals surface area contributed by atoms with Crippen molar-refractivity contribution in [3.63, 3.8) is 0 Å². The highest BCUT2D eigenvalue weighted by atomic mass is 16.5. The summed E-state index contributed by atoms with van der Waals surface area (Å²) in [6.45, 7) is 6.08. The van der Waals surface area contributed by atoms with Crippen LogP contribution in [0.15, 0.2) is 53.1 Å². The number of benzene rings is 2. The molecule has 3 aromatic rings. The van der Waals surface area contributed by atoms with Crippen molar-refractivity contribution in [2.24, 2.45) is 0 Å². The van der Waals surface area contributed by atoms with Gasteiger partial charge in [-0.15, -0.1) is 0 Å². The van der Waals surface area contributed by atoms with Crippen LogP contribution >= 0.6 is 0 Å². The molecule has 0 atom stereocenters. The number of carbonyl (C=O) groups is 2. The predicted molar refractivity (Wildman–Crippen MR) is 120 cm³/mol. The lowest BCUT2D eigenvalue weighted by atomic mass is 10.1. The van der Waals surface area contributed by atoms with Crippen molar-refractivity contribution in [2.45, 2.75) is 39.8 Å². The number of aryl methyl sites for hydroxylation is 2. The first-order valence-electron chi connectivity index (χ1n) is 10.8. The molecule has 7 nitrogen and oxygen atoms in total. The zero-order valence-electron chi connectivity index (χ0n) is 18.4. The van der Waals surface area contributed by atoms with Gasteiger partial charge in [0.25, 0.3) is 11.8 Å². The van der Waals surface area contributed by atoms with Crippen LogP contribution in [0.5, 0.6) is 5.75 Å². The average molecular weight is 434 g/mol. The fraction of sp³-hybridized carbons (Fsp3) is 0.320. The molecule has 1 N–H and O–H groups in total. The maximum absolute atomic E-state index is 12.6. The Kier molecular flexibility index (Phi) is 6.54. The minimum Gasteiger partial charge on any atom is -0.489 e. The van der Waals surface area contributed by atoms with E-state index in [4.69, 9.17) is 9.26 Å². The van der Waals surface area contributed by atoms with Gasteiger partial charge in [-0.2, -0.15) is 0 Å². The highest BCUT2D eigenvalue weighted by Crippen LogP contribution is 2.19. The third-order valence-electron chi connectivity index (χ3n) is 5.71. The first-order valence-corrected chi connectivity index (χ1v) is 10.8. The monoisotopic (exact) mass is 433 g/mol. The van der Waals surface area contributed by atoms with Crippen LogP contribution in [0.4, 0.5) is 0 Å². The molecule has 2 aromatic carbocycles. The maximum Gasteiger partial charge on any atom is 0.253 e. The third-order valence-corrected chi connectivity index (χ3v) is 5.71. The summed E-state index contributed by atoms with van der Waals surface area (Å²) in [7, 11) is 0. The van der Waals surface area contributed by atoms with Crippen LogP contribution in [-0.2, 0) is 13.2 Å². The highest BCUT2D eigenvalue weighted by Gasteiger charge is 2.19. The van der Waals surface area contributed by atoms with E-state index in [0.717, 1.165) is 48.5 Å². The number of nitrogens with one attached hydrogen (secondary N) is 1. The zero-order chi connectivity index (χ0) is 22.5. The Bertz CT molecular complexity index is 1080. The van der Waals surface area contributed by atoms with Crippen LogP contribution in [-0.4, -0.2) is 35.0 Å². The largest absolute Gasteiger partial charge is 0.489 e. The molecule has 166 valence electrons. The molecule has 2 heterocycles. The van der Waals surface area contributed by atoms with Crippen molar-refractivity contribution in [3.8, 4) is 5.75 Å². The molecule has 7 heteroatoms. The molecule has 1 saturated heterocycles. The number of amides is 2. The van der Waals surface area contributed by atoms with E-state index in [9.17, 15) is 9.59 Å². The summed E-state index contributed by atoms with van der Waals surface area (Å²) in [4.78, 5) is 26.9. The second-order valence-corrected chi connectivity index (χ2v) is 8.00. The summed E-state index contributed by atoms with van der Waals surface area (Å²) in [6, 6.07) is 14.5. The lowest BCUT2D eigenvalue weighted by molar-refractivity contribution is 0.0792. The number of aromatic nitrogens is 1. The smallest absolute Gasteiger partial charge is 0.253 e. The van der Waals surface area contributed by atoms with Gasteiger partial charge in [0.15, 0.2) is 0 Å². The van der Waals surface area contributed by atoms with Gasteiger partial charge in [-0.1, -0.05) is 23.4 Å². The fourth-order valence-electron chi connectivity index (χ4n) is 3.74. The summed E-state index contributed by atoms with van der Waals surface area (Å²) in [6.07, 6.45) is 2.14. The Labute approximate surface area is 187 Å². The SMILES string of the molecule is Cc1noc(C)c1COc1cccc(C(=O)NCc2ccc(C(=O)N3CCCC3)cc2)c1. The number of hydrogen-bond acceptors (Lipinski definition) is 5. The molecule has 0 spiro atoms. The number of rotatable bonds is 7.